The first-order valence-corrected chi connectivity index (χ1v) is 6.42. The van der Waals surface area contributed by atoms with Crippen molar-refractivity contribution < 1.29 is 19.8 Å². The lowest BCUT2D eigenvalue weighted by Crippen LogP contribution is -2.44. The van der Waals surface area contributed by atoms with E-state index in [4.69, 9.17) is 0 Å². The highest BCUT2D eigenvalue weighted by molar-refractivity contribution is 5.83. The molecular weight excluding hydrogens is 232 g/mol. The summed E-state index contributed by atoms with van der Waals surface area (Å²) >= 11 is 0. The standard InChI is InChI=1S/C14H26O4/c1-7-14(6,12(17)18)10(11(15)16)9(2)8-13(3,4)5/h9-10H,7-8H2,1-6H3,(H,15,16)(H,17,18). The maximum atomic E-state index is 11.5. The summed E-state index contributed by atoms with van der Waals surface area (Å²) in [6.45, 7) is 11.2. The molecule has 3 atom stereocenters. The zero-order chi connectivity index (χ0) is 14.7. The van der Waals surface area contributed by atoms with E-state index < -0.39 is 23.3 Å². The highest BCUT2D eigenvalue weighted by Gasteiger charge is 2.47. The maximum absolute atomic E-state index is 11.5. The van der Waals surface area contributed by atoms with Gasteiger partial charge in [0.05, 0.1) is 11.3 Å². The van der Waals surface area contributed by atoms with Crippen LogP contribution in [0.2, 0.25) is 0 Å². The molecule has 0 fully saturated rings. The minimum absolute atomic E-state index is 0.0136. The summed E-state index contributed by atoms with van der Waals surface area (Å²) in [6.07, 6.45) is 1.00. The third-order valence-electron chi connectivity index (χ3n) is 3.68. The molecule has 0 heterocycles. The smallest absolute Gasteiger partial charge is 0.310 e. The SMILES string of the molecule is CCC(C)(C(=O)O)C(C(=O)O)C(C)CC(C)(C)C. The van der Waals surface area contributed by atoms with Crippen molar-refractivity contribution in [3.05, 3.63) is 0 Å². The number of rotatable bonds is 6. The van der Waals surface area contributed by atoms with E-state index in [0.29, 0.717) is 12.8 Å². The van der Waals surface area contributed by atoms with Gasteiger partial charge < -0.3 is 10.2 Å². The van der Waals surface area contributed by atoms with Gasteiger partial charge in [0, 0.05) is 0 Å². The van der Waals surface area contributed by atoms with E-state index in [1.807, 2.05) is 27.7 Å². The Hall–Kier alpha value is -1.06. The van der Waals surface area contributed by atoms with E-state index in [9.17, 15) is 19.8 Å². The van der Waals surface area contributed by atoms with Gasteiger partial charge in [-0.3, -0.25) is 9.59 Å². The Bertz CT molecular complexity index is 316. The zero-order valence-electron chi connectivity index (χ0n) is 12.3. The first-order chi connectivity index (χ1) is 7.95. The summed E-state index contributed by atoms with van der Waals surface area (Å²) in [5, 5.41) is 18.7. The fourth-order valence-electron chi connectivity index (χ4n) is 2.73. The van der Waals surface area contributed by atoms with Crippen LogP contribution in [0.15, 0.2) is 0 Å². The number of hydrogen-bond acceptors (Lipinski definition) is 2. The average molecular weight is 258 g/mol. The van der Waals surface area contributed by atoms with E-state index >= 15 is 0 Å². The van der Waals surface area contributed by atoms with Gasteiger partial charge in [0.2, 0.25) is 0 Å². The molecule has 2 N–H and O–H groups in total. The van der Waals surface area contributed by atoms with E-state index in [0.717, 1.165) is 0 Å². The van der Waals surface area contributed by atoms with Gasteiger partial charge in [-0.25, -0.2) is 0 Å². The summed E-state index contributed by atoms with van der Waals surface area (Å²) < 4.78 is 0. The molecule has 0 aliphatic carbocycles. The quantitative estimate of drug-likeness (QED) is 0.766. The van der Waals surface area contributed by atoms with Gasteiger partial charge in [0.15, 0.2) is 0 Å². The first-order valence-electron chi connectivity index (χ1n) is 6.42. The van der Waals surface area contributed by atoms with Crippen molar-refractivity contribution in [3.8, 4) is 0 Å². The van der Waals surface area contributed by atoms with Crippen LogP contribution in [0.25, 0.3) is 0 Å². The second-order valence-corrected chi connectivity index (χ2v) is 6.63. The van der Waals surface area contributed by atoms with Crippen molar-refractivity contribution in [2.45, 2.75) is 54.4 Å². The summed E-state index contributed by atoms with van der Waals surface area (Å²) in [6, 6.07) is 0. The average Bonchev–Trinajstić information content (AvgIpc) is 2.13. The van der Waals surface area contributed by atoms with Crippen LogP contribution in [0.3, 0.4) is 0 Å². The van der Waals surface area contributed by atoms with Crippen molar-refractivity contribution in [3.63, 3.8) is 0 Å². The predicted molar refractivity (Wildman–Crippen MR) is 70.4 cm³/mol. The minimum atomic E-state index is -1.21. The molecule has 0 radical (unpaired) electrons. The van der Waals surface area contributed by atoms with Crippen LogP contribution >= 0.6 is 0 Å². The van der Waals surface area contributed by atoms with Crippen molar-refractivity contribution in [1.29, 1.82) is 0 Å². The van der Waals surface area contributed by atoms with Gasteiger partial charge in [-0.1, -0.05) is 34.6 Å². The summed E-state index contributed by atoms with van der Waals surface area (Å²) in [4.78, 5) is 22.9. The molecule has 4 heteroatoms. The van der Waals surface area contributed by atoms with Crippen LogP contribution in [0, 0.1) is 22.7 Å². The summed E-state index contributed by atoms with van der Waals surface area (Å²) in [5.74, 6) is -3.08. The minimum Gasteiger partial charge on any atom is -0.481 e. The Morgan fingerprint density at radius 3 is 1.78 bits per heavy atom. The normalized spacial score (nSPS) is 18.8. The molecule has 0 saturated carbocycles. The highest BCUT2D eigenvalue weighted by Crippen LogP contribution is 2.41. The number of aliphatic carboxylic acids is 2. The lowest BCUT2D eigenvalue weighted by Gasteiger charge is -2.36. The van der Waals surface area contributed by atoms with E-state index in [1.54, 1.807) is 6.92 Å². The third-order valence-corrected chi connectivity index (χ3v) is 3.68. The van der Waals surface area contributed by atoms with Crippen LogP contribution in [0.1, 0.15) is 54.4 Å². The number of hydrogen-bond donors (Lipinski definition) is 2. The Morgan fingerprint density at radius 1 is 1.11 bits per heavy atom. The lowest BCUT2D eigenvalue weighted by molar-refractivity contribution is -0.165. The lowest BCUT2D eigenvalue weighted by atomic mass is 9.66. The van der Waals surface area contributed by atoms with Gasteiger partial charge in [-0.05, 0) is 31.1 Å². The topological polar surface area (TPSA) is 74.6 Å². The Morgan fingerprint density at radius 2 is 1.56 bits per heavy atom. The summed E-state index contributed by atoms with van der Waals surface area (Å²) in [7, 11) is 0. The second-order valence-electron chi connectivity index (χ2n) is 6.63. The molecule has 4 nitrogen and oxygen atoms in total. The Kier molecular flexibility index (Phi) is 5.38. The summed E-state index contributed by atoms with van der Waals surface area (Å²) in [5.41, 5.74) is -1.23. The molecule has 18 heavy (non-hydrogen) atoms. The third kappa shape index (κ3) is 4.00. The van der Waals surface area contributed by atoms with E-state index in [-0.39, 0.29) is 11.3 Å². The van der Waals surface area contributed by atoms with Gasteiger partial charge in [-0.2, -0.15) is 0 Å². The van der Waals surface area contributed by atoms with Crippen molar-refractivity contribution in [2.24, 2.45) is 22.7 Å². The van der Waals surface area contributed by atoms with Crippen LogP contribution in [-0.4, -0.2) is 22.2 Å². The fraction of sp³-hybridized carbons (Fsp3) is 0.857. The van der Waals surface area contributed by atoms with Crippen molar-refractivity contribution >= 4 is 11.9 Å². The molecule has 0 rings (SSSR count). The van der Waals surface area contributed by atoms with E-state index in [2.05, 4.69) is 0 Å². The molecule has 106 valence electrons. The molecule has 0 aromatic carbocycles. The van der Waals surface area contributed by atoms with Crippen molar-refractivity contribution in [1.82, 2.24) is 0 Å². The van der Waals surface area contributed by atoms with Crippen LogP contribution in [-0.2, 0) is 9.59 Å². The number of carboxylic acids is 2. The maximum Gasteiger partial charge on any atom is 0.310 e. The largest absolute Gasteiger partial charge is 0.481 e. The van der Waals surface area contributed by atoms with Gasteiger partial charge >= 0.3 is 11.9 Å². The fourth-order valence-corrected chi connectivity index (χ4v) is 2.73. The van der Waals surface area contributed by atoms with Crippen LogP contribution in [0.5, 0.6) is 0 Å². The van der Waals surface area contributed by atoms with Gasteiger partial charge in [0.1, 0.15) is 0 Å². The molecule has 0 aliphatic rings. The van der Waals surface area contributed by atoms with Crippen molar-refractivity contribution in [2.75, 3.05) is 0 Å². The Labute approximate surface area is 109 Å². The Balaban J connectivity index is 5.31. The predicted octanol–water partition coefficient (Wildman–Crippen LogP) is 3.26. The molecule has 3 unspecified atom stereocenters. The number of carbonyl (C=O) groups is 2. The highest BCUT2D eigenvalue weighted by atomic mass is 16.4. The molecule has 0 aromatic rings. The second kappa shape index (κ2) is 5.72. The van der Waals surface area contributed by atoms with Crippen LogP contribution in [0.4, 0.5) is 0 Å². The molecule has 0 saturated heterocycles. The van der Waals surface area contributed by atoms with Gasteiger partial charge in [-0.15, -0.1) is 0 Å². The molecule has 0 spiro atoms. The molecular formula is C14H26O4. The first kappa shape index (κ1) is 16.9. The molecule has 0 bridgehead atoms. The van der Waals surface area contributed by atoms with Crippen LogP contribution < -0.4 is 0 Å². The number of carboxylic acid groups (broad SMARTS) is 2. The molecule has 0 aromatic heterocycles. The molecule has 0 aliphatic heterocycles. The van der Waals surface area contributed by atoms with Gasteiger partial charge in [0.25, 0.3) is 0 Å². The monoisotopic (exact) mass is 258 g/mol. The zero-order valence-corrected chi connectivity index (χ0v) is 12.3. The van der Waals surface area contributed by atoms with E-state index in [1.165, 1.54) is 6.92 Å². The molecule has 0 amide bonds.